The summed E-state index contributed by atoms with van der Waals surface area (Å²) in [4.78, 5) is 20.0. The first kappa shape index (κ1) is 17.5. The average Bonchev–Trinajstić information content (AvgIpc) is 2.92. The van der Waals surface area contributed by atoms with Gasteiger partial charge in [-0.3, -0.25) is 14.7 Å². The topological polar surface area (TPSA) is 33.2 Å². The first-order valence-corrected chi connectivity index (χ1v) is 9.56. The fraction of sp³-hybridized carbons (Fsp3) is 0.250. The molecule has 1 aromatic heterocycles. The van der Waals surface area contributed by atoms with Crippen molar-refractivity contribution in [2.24, 2.45) is 5.41 Å². The number of rotatable bonds is 4. The summed E-state index contributed by atoms with van der Waals surface area (Å²) in [5.74, 6) is 0.171. The molecule has 0 saturated carbocycles. The van der Waals surface area contributed by atoms with E-state index in [4.69, 9.17) is 0 Å². The molecule has 1 amide bonds. The Morgan fingerprint density at radius 2 is 1.85 bits per heavy atom. The third-order valence-electron chi connectivity index (χ3n) is 5.36. The Morgan fingerprint density at radius 1 is 1.07 bits per heavy atom. The second-order valence-electron chi connectivity index (χ2n) is 7.53. The second-order valence-corrected chi connectivity index (χ2v) is 7.53. The number of hydrogen-bond donors (Lipinski definition) is 0. The van der Waals surface area contributed by atoms with Crippen LogP contribution in [0, 0.1) is 5.41 Å². The summed E-state index contributed by atoms with van der Waals surface area (Å²) in [7, 11) is 0. The monoisotopic (exact) mass is 356 g/mol. The Balaban J connectivity index is 1.88. The van der Waals surface area contributed by atoms with Crippen molar-refractivity contribution in [3.05, 3.63) is 78.1 Å². The predicted octanol–water partition coefficient (Wildman–Crippen LogP) is 5.82. The SMILES string of the molecule is CCCC1(C)C/C(=C\c2ccccc2)N(c2cccc3cccnc23)C1=O. The number of amides is 1. The third-order valence-corrected chi connectivity index (χ3v) is 5.36. The molecule has 1 unspecified atom stereocenters. The van der Waals surface area contributed by atoms with Crippen LogP contribution in [0.3, 0.4) is 0 Å². The van der Waals surface area contributed by atoms with E-state index in [-0.39, 0.29) is 11.3 Å². The van der Waals surface area contributed by atoms with E-state index in [1.807, 2.05) is 53.4 Å². The normalized spacial score (nSPS) is 21.3. The van der Waals surface area contributed by atoms with Gasteiger partial charge in [-0.1, -0.05) is 68.8 Å². The number of anilines is 1. The van der Waals surface area contributed by atoms with Crippen LogP contribution >= 0.6 is 0 Å². The van der Waals surface area contributed by atoms with Crippen molar-refractivity contribution in [1.82, 2.24) is 4.98 Å². The molecule has 1 atom stereocenters. The van der Waals surface area contributed by atoms with Gasteiger partial charge in [-0.2, -0.15) is 0 Å². The number of benzene rings is 2. The molecule has 4 rings (SSSR count). The maximum atomic E-state index is 13.5. The number of aromatic nitrogens is 1. The Hall–Kier alpha value is -2.94. The minimum atomic E-state index is -0.369. The summed E-state index contributed by atoms with van der Waals surface area (Å²) in [5.41, 5.74) is 3.53. The van der Waals surface area contributed by atoms with Gasteiger partial charge in [-0.05, 0) is 30.2 Å². The van der Waals surface area contributed by atoms with E-state index in [2.05, 4.69) is 37.0 Å². The lowest BCUT2D eigenvalue weighted by Gasteiger charge is -2.23. The van der Waals surface area contributed by atoms with Crippen molar-refractivity contribution in [2.45, 2.75) is 33.1 Å². The number of carbonyl (C=O) groups excluding carboxylic acids is 1. The molecule has 1 aliphatic heterocycles. The minimum Gasteiger partial charge on any atom is -0.282 e. The zero-order valence-electron chi connectivity index (χ0n) is 15.9. The maximum Gasteiger partial charge on any atom is 0.237 e. The first-order chi connectivity index (χ1) is 13.1. The quantitative estimate of drug-likeness (QED) is 0.590. The number of fused-ring (bicyclic) bond motifs is 1. The van der Waals surface area contributed by atoms with Crippen LogP contribution in [0.2, 0.25) is 0 Å². The minimum absolute atomic E-state index is 0.171. The van der Waals surface area contributed by atoms with E-state index in [9.17, 15) is 4.79 Å². The summed E-state index contributed by atoms with van der Waals surface area (Å²) in [5, 5.41) is 1.05. The molecule has 0 bridgehead atoms. The zero-order valence-corrected chi connectivity index (χ0v) is 15.9. The van der Waals surface area contributed by atoms with Gasteiger partial charge in [-0.15, -0.1) is 0 Å². The Bertz CT molecular complexity index is 1000. The van der Waals surface area contributed by atoms with Crippen LogP contribution in [0.5, 0.6) is 0 Å². The fourth-order valence-electron chi connectivity index (χ4n) is 4.09. The summed E-state index contributed by atoms with van der Waals surface area (Å²) >= 11 is 0. The van der Waals surface area contributed by atoms with Gasteiger partial charge in [0.05, 0.1) is 16.6 Å². The maximum absolute atomic E-state index is 13.5. The van der Waals surface area contributed by atoms with E-state index in [1.54, 1.807) is 6.20 Å². The van der Waals surface area contributed by atoms with Crippen LogP contribution in [0.25, 0.3) is 17.0 Å². The number of para-hydroxylation sites is 1. The molecule has 2 heterocycles. The van der Waals surface area contributed by atoms with Crippen LogP contribution in [0.4, 0.5) is 5.69 Å². The van der Waals surface area contributed by atoms with Gasteiger partial charge in [0, 0.05) is 23.7 Å². The van der Waals surface area contributed by atoms with Crippen LogP contribution in [-0.2, 0) is 4.79 Å². The number of allylic oxidation sites excluding steroid dienone is 1. The summed E-state index contributed by atoms with van der Waals surface area (Å²) < 4.78 is 0. The van der Waals surface area contributed by atoms with Crippen molar-refractivity contribution < 1.29 is 4.79 Å². The van der Waals surface area contributed by atoms with E-state index in [1.165, 1.54) is 0 Å². The third kappa shape index (κ3) is 3.14. The molecule has 0 N–H and O–H groups in total. The molecule has 3 nitrogen and oxygen atoms in total. The fourth-order valence-corrected chi connectivity index (χ4v) is 4.09. The van der Waals surface area contributed by atoms with Gasteiger partial charge in [0.2, 0.25) is 5.91 Å². The summed E-state index contributed by atoms with van der Waals surface area (Å²) in [6.07, 6.45) is 6.55. The van der Waals surface area contributed by atoms with Crippen LogP contribution in [0.1, 0.15) is 38.7 Å². The van der Waals surface area contributed by atoms with Gasteiger partial charge in [0.15, 0.2) is 0 Å². The van der Waals surface area contributed by atoms with E-state index >= 15 is 0 Å². The summed E-state index contributed by atoms with van der Waals surface area (Å²) in [6, 6.07) is 20.2. The Kier molecular flexibility index (Phi) is 4.53. The highest BCUT2D eigenvalue weighted by atomic mass is 16.2. The van der Waals surface area contributed by atoms with E-state index < -0.39 is 0 Å². The van der Waals surface area contributed by atoms with Crippen LogP contribution < -0.4 is 4.90 Å². The van der Waals surface area contributed by atoms with Gasteiger partial charge in [0.25, 0.3) is 0 Å². The van der Waals surface area contributed by atoms with Gasteiger partial charge < -0.3 is 0 Å². The molecule has 27 heavy (non-hydrogen) atoms. The number of hydrogen-bond acceptors (Lipinski definition) is 2. The van der Waals surface area contributed by atoms with Crippen molar-refractivity contribution in [3.8, 4) is 0 Å². The predicted molar refractivity (Wildman–Crippen MR) is 111 cm³/mol. The highest BCUT2D eigenvalue weighted by Gasteiger charge is 2.46. The van der Waals surface area contributed by atoms with Gasteiger partial charge >= 0.3 is 0 Å². The zero-order chi connectivity index (χ0) is 18.9. The van der Waals surface area contributed by atoms with Crippen molar-refractivity contribution in [1.29, 1.82) is 0 Å². The van der Waals surface area contributed by atoms with E-state index in [0.717, 1.165) is 47.1 Å². The molecule has 3 aromatic rings. The highest BCUT2D eigenvalue weighted by Crippen LogP contribution is 2.46. The molecule has 0 radical (unpaired) electrons. The van der Waals surface area contributed by atoms with Gasteiger partial charge in [0.1, 0.15) is 0 Å². The summed E-state index contributed by atoms with van der Waals surface area (Å²) in [6.45, 7) is 4.23. The van der Waals surface area contributed by atoms with Gasteiger partial charge in [-0.25, -0.2) is 0 Å². The van der Waals surface area contributed by atoms with Crippen molar-refractivity contribution in [3.63, 3.8) is 0 Å². The van der Waals surface area contributed by atoms with Crippen molar-refractivity contribution >= 4 is 28.6 Å². The lowest BCUT2D eigenvalue weighted by Crippen LogP contribution is -2.32. The molecule has 136 valence electrons. The highest BCUT2D eigenvalue weighted by molar-refractivity contribution is 6.09. The standard InChI is InChI=1S/C24H24N2O/c1-3-14-24(2)17-20(16-18-9-5-4-6-10-18)26(23(24)27)21-13-7-11-19-12-8-15-25-22(19)21/h4-13,15-16H,3,14,17H2,1-2H3/b20-16+. The largest absolute Gasteiger partial charge is 0.282 e. The number of carbonyl (C=O) groups is 1. The molecule has 3 heteroatoms. The molecular formula is C24H24N2O. The number of nitrogens with zero attached hydrogens (tertiary/aromatic N) is 2. The smallest absolute Gasteiger partial charge is 0.237 e. The first-order valence-electron chi connectivity index (χ1n) is 9.56. The number of pyridine rings is 1. The molecule has 1 aliphatic rings. The molecule has 0 spiro atoms. The lowest BCUT2D eigenvalue weighted by atomic mass is 9.83. The Morgan fingerprint density at radius 3 is 2.63 bits per heavy atom. The van der Waals surface area contributed by atoms with Crippen LogP contribution in [0.15, 0.2) is 72.6 Å². The molecule has 2 aromatic carbocycles. The molecule has 1 fully saturated rings. The average molecular weight is 356 g/mol. The molecule has 1 saturated heterocycles. The van der Waals surface area contributed by atoms with Crippen LogP contribution in [-0.4, -0.2) is 10.9 Å². The molecule has 0 aliphatic carbocycles. The Labute approximate surface area is 160 Å². The van der Waals surface area contributed by atoms with E-state index in [0.29, 0.717) is 0 Å². The molecular weight excluding hydrogens is 332 g/mol. The lowest BCUT2D eigenvalue weighted by molar-refractivity contribution is -0.125. The second kappa shape index (κ2) is 6.99. The van der Waals surface area contributed by atoms with Crippen molar-refractivity contribution in [2.75, 3.05) is 4.90 Å².